The molecule has 2 aromatic heterocycles. The normalized spacial score (nSPS) is 27.0. The minimum atomic E-state index is -0.830. The lowest BCUT2D eigenvalue weighted by atomic mass is 9.97. The number of ether oxygens (including phenoxy) is 1. The molecule has 0 aromatic carbocycles. The average Bonchev–Trinajstić information content (AvgIpc) is 2.90. The standard InChI is InChI=1S/C13H18N4O2/c1-9-7-11-12(14-4-5-17(11)16-9)15-8-13(18)3-6-19-10(13)2/h4-5,7,10,18H,3,6,8H2,1-2H3,(H,14,15). The van der Waals surface area contributed by atoms with E-state index in [0.29, 0.717) is 19.6 Å². The molecule has 19 heavy (non-hydrogen) atoms. The summed E-state index contributed by atoms with van der Waals surface area (Å²) in [4.78, 5) is 4.31. The van der Waals surface area contributed by atoms with Gasteiger partial charge >= 0.3 is 0 Å². The first kappa shape index (κ1) is 12.4. The van der Waals surface area contributed by atoms with Gasteiger partial charge in [-0.3, -0.25) is 0 Å². The van der Waals surface area contributed by atoms with Gasteiger partial charge in [-0.25, -0.2) is 9.50 Å². The predicted molar refractivity (Wildman–Crippen MR) is 71.2 cm³/mol. The highest BCUT2D eigenvalue weighted by Crippen LogP contribution is 2.26. The molecule has 3 rings (SSSR count). The van der Waals surface area contributed by atoms with Gasteiger partial charge in [0.2, 0.25) is 0 Å². The molecule has 1 saturated heterocycles. The van der Waals surface area contributed by atoms with E-state index in [1.54, 1.807) is 10.7 Å². The highest BCUT2D eigenvalue weighted by molar-refractivity contribution is 5.67. The highest BCUT2D eigenvalue weighted by Gasteiger charge is 2.39. The molecule has 0 bridgehead atoms. The van der Waals surface area contributed by atoms with Crippen molar-refractivity contribution in [2.75, 3.05) is 18.5 Å². The second-order valence-electron chi connectivity index (χ2n) is 5.11. The van der Waals surface area contributed by atoms with Crippen molar-refractivity contribution in [1.29, 1.82) is 0 Å². The third-order valence-corrected chi connectivity index (χ3v) is 3.73. The second-order valence-corrected chi connectivity index (χ2v) is 5.11. The third kappa shape index (κ3) is 2.17. The summed E-state index contributed by atoms with van der Waals surface area (Å²) in [6.45, 7) is 4.86. The lowest BCUT2D eigenvalue weighted by Gasteiger charge is -2.26. The van der Waals surface area contributed by atoms with Crippen LogP contribution in [0.3, 0.4) is 0 Å². The van der Waals surface area contributed by atoms with Gasteiger partial charge in [0.05, 0.1) is 11.8 Å². The Morgan fingerprint density at radius 2 is 2.47 bits per heavy atom. The topological polar surface area (TPSA) is 71.7 Å². The Kier molecular flexibility index (Phi) is 2.91. The van der Waals surface area contributed by atoms with Crippen molar-refractivity contribution in [3.63, 3.8) is 0 Å². The van der Waals surface area contributed by atoms with E-state index in [1.807, 2.05) is 26.1 Å². The molecule has 1 fully saturated rings. The fourth-order valence-electron chi connectivity index (χ4n) is 2.42. The van der Waals surface area contributed by atoms with Gasteiger partial charge in [0.25, 0.3) is 0 Å². The van der Waals surface area contributed by atoms with E-state index < -0.39 is 5.60 Å². The Morgan fingerprint density at radius 1 is 1.63 bits per heavy atom. The molecule has 2 aromatic rings. The molecule has 1 aliphatic heterocycles. The minimum Gasteiger partial charge on any atom is -0.385 e. The zero-order valence-electron chi connectivity index (χ0n) is 11.1. The Labute approximate surface area is 111 Å². The lowest BCUT2D eigenvalue weighted by molar-refractivity contribution is -0.0176. The van der Waals surface area contributed by atoms with E-state index in [1.165, 1.54) is 0 Å². The predicted octanol–water partition coefficient (Wildman–Crippen LogP) is 0.990. The lowest BCUT2D eigenvalue weighted by Crippen LogP contribution is -2.43. The minimum absolute atomic E-state index is 0.161. The molecular weight excluding hydrogens is 244 g/mol. The highest BCUT2D eigenvalue weighted by atomic mass is 16.5. The molecule has 0 spiro atoms. The van der Waals surface area contributed by atoms with Crippen molar-refractivity contribution >= 4 is 11.3 Å². The number of aryl methyl sites for hydroxylation is 1. The second kappa shape index (κ2) is 4.47. The van der Waals surface area contributed by atoms with Crippen molar-refractivity contribution < 1.29 is 9.84 Å². The molecule has 0 aliphatic carbocycles. The number of rotatable bonds is 3. The summed E-state index contributed by atoms with van der Waals surface area (Å²) in [5.41, 5.74) is 1.02. The van der Waals surface area contributed by atoms with E-state index in [0.717, 1.165) is 17.0 Å². The van der Waals surface area contributed by atoms with Crippen molar-refractivity contribution in [2.24, 2.45) is 0 Å². The van der Waals surface area contributed by atoms with Crippen LogP contribution in [0.25, 0.3) is 5.52 Å². The Bertz CT molecular complexity index is 597. The molecule has 2 N–H and O–H groups in total. The fourth-order valence-corrected chi connectivity index (χ4v) is 2.42. The SMILES string of the molecule is Cc1cc2c(NCC3(O)CCOC3C)nccn2n1. The van der Waals surface area contributed by atoms with E-state index in [4.69, 9.17) is 4.74 Å². The van der Waals surface area contributed by atoms with Gasteiger partial charge in [-0.15, -0.1) is 0 Å². The Morgan fingerprint density at radius 3 is 3.21 bits per heavy atom. The maximum Gasteiger partial charge on any atom is 0.152 e. The molecule has 1 aliphatic rings. The summed E-state index contributed by atoms with van der Waals surface area (Å²) < 4.78 is 7.20. The zero-order chi connectivity index (χ0) is 13.5. The van der Waals surface area contributed by atoms with Gasteiger partial charge in [0.15, 0.2) is 5.82 Å². The van der Waals surface area contributed by atoms with Gasteiger partial charge < -0.3 is 15.2 Å². The first-order valence-corrected chi connectivity index (χ1v) is 6.47. The van der Waals surface area contributed by atoms with Gasteiger partial charge in [-0.2, -0.15) is 5.10 Å². The summed E-state index contributed by atoms with van der Waals surface area (Å²) in [5, 5.41) is 18.0. The maximum atomic E-state index is 10.5. The van der Waals surface area contributed by atoms with Gasteiger partial charge in [-0.1, -0.05) is 0 Å². The molecule has 0 radical (unpaired) electrons. The monoisotopic (exact) mass is 262 g/mol. The van der Waals surface area contributed by atoms with E-state index in [2.05, 4.69) is 15.4 Å². The fraction of sp³-hybridized carbons (Fsp3) is 0.538. The molecule has 2 atom stereocenters. The largest absolute Gasteiger partial charge is 0.385 e. The number of hydrogen-bond acceptors (Lipinski definition) is 5. The molecule has 102 valence electrons. The number of hydrogen-bond donors (Lipinski definition) is 2. The molecule has 3 heterocycles. The van der Waals surface area contributed by atoms with Crippen LogP contribution >= 0.6 is 0 Å². The number of anilines is 1. The van der Waals surface area contributed by atoms with Crippen LogP contribution in [-0.4, -0.2) is 44.6 Å². The van der Waals surface area contributed by atoms with Crippen molar-refractivity contribution in [3.8, 4) is 0 Å². The Balaban J connectivity index is 1.82. The van der Waals surface area contributed by atoms with Crippen LogP contribution in [0.4, 0.5) is 5.82 Å². The number of nitrogens with zero attached hydrogens (tertiary/aromatic N) is 3. The van der Waals surface area contributed by atoms with Crippen LogP contribution in [0.5, 0.6) is 0 Å². The van der Waals surface area contributed by atoms with Crippen molar-refractivity contribution in [3.05, 3.63) is 24.2 Å². The maximum absolute atomic E-state index is 10.5. The van der Waals surface area contributed by atoms with Gasteiger partial charge in [-0.05, 0) is 19.9 Å². The van der Waals surface area contributed by atoms with Crippen LogP contribution < -0.4 is 5.32 Å². The first-order valence-electron chi connectivity index (χ1n) is 6.47. The molecule has 0 saturated carbocycles. The molecule has 0 amide bonds. The molecule has 6 heteroatoms. The van der Waals surface area contributed by atoms with Gasteiger partial charge in [0.1, 0.15) is 11.1 Å². The number of aromatic nitrogens is 3. The number of aliphatic hydroxyl groups is 1. The molecule has 2 unspecified atom stereocenters. The molecule has 6 nitrogen and oxygen atoms in total. The van der Waals surface area contributed by atoms with E-state index >= 15 is 0 Å². The van der Waals surface area contributed by atoms with E-state index in [-0.39, 0.29) is 6.10 Å². The summed E-state index contributed by atoms with van der Waals surface area (Å²) in [6.07, 6.45) is 3.98. The first-order chi connectivity index (χ1) is 9.08. The Hall–Kier alpha value is -1.66. The number of fused-ring (bicyclic) bond motifs is 1. The average molecular weight is 262 g/mol. The summed E-state index contributed by atoms with van der Waals surface area (Å²) >= 11 is 0. The quantitative estimate of drug-likeness (QED) is 0.863. The van der Waals surface area contributed by atoms with Crippen LogP contribution in [0.15, 0.2) is 18.5 Å². The molecular formula is C13H18N4O2. The summed E-state index contributed by atoms with van der Waals surface area (Å²) in [7, 11) is 0. The number of nitrogens with one attached hydrogen (secondary N) is 1. The van der Waals surface area contributed by atoms with Crippen LogP contribution in [0.1, 0.15) is 19.0 Å². The zero-order valence-corrected chi connectivity index (χ0v) is 11.1. The van der Waals surface area contributed by atoms with Gasteiger partial charge in [0, 0.05) is 32.0 Å². The van der Waals surface area contributed by atoms with Crippen molar-refractivity contribution in [1.82, 2.24) is 14.6 Å². The van der Waals surface area contributed by atoms with Crippen LogP contribution in [0, 0.1) is 6.92 Å². The smallest absolute Gasteiger partial charge is 0.152 e. The van der Waals surface area contributed by atoms with E-state index in [9.17, 15) is 5.11 Å². The summed E-state index contributed by atoms with van der Waals surface area (Å²) in [6, 6.07) is 1.97. The summed E-state index contributed by atoms with van der Waals surface area (Å²) in [5.74, 6) is 0.732. The van der Waals surface area contributed by atoms with Crippen LogP contribution in [0.2, 0.25) is 0 Å². The van der Waals surface area contributed by atoms with Crippen LogP contribution in [-0.2, 0) is 4.74 Å². The third-order valence-electron chi connectivity index (χ3n) is 3.73. The van der Waals surface area contributed by atoms with Crippen molar-refractivity contribution in [2.45, 2.75) is 32.0 Å².